The molecule has 5 rings (SSSR count). The van der Waals surface area contributed by atoms with Crippen LogP contribution in [0.1, 0.15) is 31.2 Å². The third kappa shape index (κ3) is 5.33. The fourth-order valence-corrected chi connectivity index (χ4v) is 5.25. The molecule has 2 aromatic rings. The lowest BCUT2D eigenvalue weighted by Gasteiger charge is -2.46. The van der Waals surface area contributed by atoms with Crippen molar-refractivity contribution in [3.05, 3.63) is 47.4 Å². The number of aromatic nitrogens is 2. The van der Waals surface area contributed by atoms with Gasteiger partial charge in [0.25, 0.3) is 0 Å². The van der Waals surface area contributed by atoms with Crippen LogP contribution in [-0.4, -0.2) is 61.0 Å². The molecule has 1 aromatic carbocycles. The molecule has 2 fully saturated rings. The molecule has 33 heavy (non-hydrogen) atoms. The minimum Gasteiger partial charge on any atom is -0.445 e. The van der Waals surface area contributed by atoms with Gasteiger partial charge in [0.2, 0.25) is 5.28 Å². The molecule has 1 aliphatic carbocycles. The molecule has 0 radical (unpaired) electrons. The standard InChI is InChI=1S/C24H30ClN5O3/c25-23-26-12-21-22(28-23)30-10-11-32-16-20(30)14-29(21)13-17-6-8-19(9-7-17)27-24(31)33-15-18-4-2-1-3-5-18/h1-5,12,17,19-20H,6-11,13-16H2,(H,27,31)/t17?,19?,20-/m1/s1. The summed E-state index contributed by atoms with van der Waals surface area (Å²) in [5.74, 6) is 1.48. The maximum atomic E-state index is 12.2. The Labute approximate surface area is 199 Å². The predicted octanol–water partition coefficient (Wildman–Crippen LogP) is 3.64. The van der Waals surface area contributed by atoms with Crippen molar-refractivity contribution >= 4 is 29.2 Å². The van der Waals surface area contributed by atoms with E-state index in [1.807, 2.05) is 36.5 Å². The molecule has 1 saturated heterocycles. The van der Waals surface area contributed by atoms with Crippen LogP contribution in [0.2, 0.25) is 5.28 Å². The number of nitrogens with zero attached hydrogens (tertiary/aromatic N) is 4. The molecule has 3 aliphatic rings. The number of anilines is 2. The summed E-state index contributed by atoms with van der Waals surface area (Å²) in [6.07, 6.45) is 5.57. The molecule has 1 amide bonds. The molecule has 0 bridgehead atoms. The van der Waals surface area contributed by atoms with E-state index in [-0.39, 0.29) is 23.5 Å². The number of ether oxygens (including phenoxy) is 2. The zero-order chi connectivity index (χ0) is 22.6. The average Bonchev–Trinajstić information content (AvgIpc) is 2.84. The maximum absolute atomic E-state index is 12.2. The minimum absolute atomic E-state index is 0.169. The van der Waals surface area contributed by atoms with E-state index in [1.54, 1.807) is 0 Å². The number of morpholine rings is 1. The van der Waals surface area contributed by atoms with Crippen LogP contribution in [0.15, 0.2) is 36.5 Å². The largest absolute Gasteiger partial charge is 0.445 e. The van der Waals surface area contributed by atoms with Crippen LogP contribution >= 0.6 is 11.6 Å². The summed E-state index contributed by atoms with van der Waals surface area (Å²) in [7, 11) is 0. The van der Waals surface area contributed by atoms with Crippen molar-refractivity contribution in [2.75, 3.05) is 42.6 Å². The van der Waals surface area contributed by atoms with Crippen molar-refractivity contribution in [2.24, 2.45) is 5.92 Å². The number of fused-ring (bicyclic) bond motifs is 3. The van der Waals surface area contributed by atoms with Crippen molar-refractivity contribution in [3.8, 4) is 0 Å². The van der Waals surface area contributed by atoms with Gasteiger partial charge in [-0.1, -0.05) is 30.3 Å². The Morgan fingerprint density at radius 2 is 2.03 bits per heavy atom. The van der Waals surface area contributed by atoms with Crippen LogP contribution < -0.4 is 15.1 Å². The van der Waals surface area contributed by atoms with Crippen LogP contribution in [0.3, 0.4) is 0 Å². The molecule has 3 heterocycles. The number of hydrogen-bond acceptors (Lipinski definition) is 7. The quantitative estimate of drug-likeness (QED) is 0.667. The van der Waals surface area contributed by atoms with Crippen LogP contribution in [0.4, 0.5) is 16.3 Å². The lowest BCUT2D eigenvalue weighted by molar-refractivity contribution is 0.0932. The lowest BCUT2D eigenvalue weighted by Crippen LogP contribution is -2.56. The van der Waals surface area contributed by atoms with Gasteiger partial charge in [-0.3, -0.25) is 0 Å². The molecular weight excluding hydrogens is 442 g/mol. The highest BCUT2D eigenvalue weighted by molar-refractivity contribution is 6.28. The lowest BCUT2D eigenvalue weighted by atomic mass is 9.85. The van der Waals surface area contributed by atoms with Crippen molar-refractivity contribution in [3.63, 3.8) is 0 Å². The molecule has 0 spiro atoms. The Balaban J connectivity index is 1.13. The van der Waals surface area contributed by atoms with Crippen molar-refractivity contribution in [1.29, 1.82) is 0 Å². The number of nitrogens with one attached hydrogen (secondary N) is 1. The van der Waals surface area contributed by atoms with Gasteiger partial charge in [-0.25, -0.2) is 9.78 Å². The summed E-state index contributed by atoms with van der Waals surface area (Å²) in [6, 6.07) is 10.2. The number of halogens is 1. The first kappa shape index (κ1) is 22.2. The fraction of sp³-hybridized carbons (Fsp3) is 0.542. The van der Waals surface area contributed by atoms with E-state index in [1.165, 1.54) is 0 Å². The Morgan fingerprint density at radius 1 is 1.21 bits per heavy atom. The van der Waals surface area contributed by atoms with Gasteiger partial charge in [0, 0.05) is 25.7 Å². The number of hydrogen-bond donors (Lipinski definition) is 1. The molecule has 8 nitrogen and oxygen atoms in total. The summed E-state index contributed by atoms with van der Waals surface area (Å²) in [5, 5.41) is 3.32. The molecular formula is C24H30ClN5O3. The van der Waals surface area contributed by atoms with Gasteiger partial charge in [-0.05, 0) is 48.8 Å². The molecule has 1 N–H and O–H groups in total. The van der Waals surface area contributed by atoms with Crippen LogP contribution in [0, 0.1) is 5.92 Å². The third-order valence-electron chi connectivity index (χ3n) is 6.85. The topological polar surface area (TPSA) is 79.8 Å². The Kier molecular flexibility index (Phi) is 6.83. The van der Waals surface area contributed by atoms with Gasteiger partial charge < -0.3 is 24.6 Å². The zero-order valence-corrected chi connectivity index (χ0v) is 19.4. The van der Waals surface area contributed by atoms with Gasteiger partial charge in [-0.15, -0.1) is 0 Å². The summed E-state index contributed by atoms with van der Waals surface area (Å²) in [4.78, 5) is 25.7. The maximum Gasteiger partial charge on any atom is 0.407 e. The van der Waals surface area contributed by atoms with Gasteiger partial charge in [0.15, 0.2) is 5.82 Å². The van der Waals surface area contributed by atoms with Crippen LogP contribution in [0.5, 0.6) is 0 Å². The van der Waals surface area contributed by atoms with E-state index in [9.17, 15) is 4.79 Å². The monoisotopic (exact) mass is 471 g/mol. The second-order valence-electron chi connectivity index (χ2n) is 9.10. The zero-order valence-electron chi connectivity index (χ0n) is 18.7. The van der Waals surface area contributed by atoms with E-state index in [0.717, 1.165) is 62.4 Å². The first-order chi connectivity index (χ1) is 16.2. The number of rotatable bonds is 5. The smallest absolute Gasteiger partial charge is 0.407 e. The summed E-state index contributed by atoms with van der Waals surface area (Å²) in [5.41, 5.74) is 2.05. The summed E-state index contributed by atoms with van der Waals surface area (Å²) in [6.45, 7) is 4.40. The average molecular weight is 472 g/mol. The third-order valence-corrected chi connectivity index (χ3v) is 7.03. The highest BCUT2D eigenvalue weighted by Gasteiger charge is 2.36. The van der Waals surface area contributed by atoms with Gasteiger partial charge in [0.05, 0.1) is 31.1 Å². The number of benzene rings is 1. The molecule has 176 valence electrons. The van der Waals surface area contributed by atoms with Crippen molar-refractivity contribution in [2.45, 2.75) is 44.4 Å². The first-order valence-electron chi connectivity index (χ1n) is 11.7. The minimum atomic E-state index is -0.335. The Hall–Kier alpha value is -2.58. The number of carbonyl (C=O) groups excluding carboxylic acids is 1. The van der Waals surface area contributed by atoms with Gasteiger partial charge in [0.1, 0.15) is 6.61 Å². The molecule has 1 saturated carbocycles. The first-order valence-corrected chi connectivity index (χ1v) is 12.1. The molecule has 1 atom stereocenters. The van der Waals surface area contributed by atoms with Gasteiger partial charge >= 0.3 is 6.09 Å². The molecule has 2 aliphatic heterocycles. The normalized spacial score (nSPS) is 24.6. The predicted molar refractivity (Wildman–Crippen MR) is 127 cm³/mol. The van der Waals surface area contributed by atoms with Crippen molar-refractivity contribution < 1.29 is 14.3 Å². The Bertz CT molecular complexity index is 954. The van der Waals surface area contributed by atoms with Crippen molar-refractivity contribution in [1.82, 2.24) is 15.3 Å². The highest BCUT2D eigenvalue weighted by atomic mass is 35.5. The van der Waals surface area contributed by atoms with Crippen LogP contribution in [0.25, 0.3) is 0 Å². The van der Waals surface area contributed by atoms with E-state index in [2.05, 4.69) is 25.1 Å². The number of carbonyl (C=O) groups is 1. The van der Waals surface area contributed by atoms with E-state index in [0.29, 0.717) is 25.7 Å². The highest BCUT2D eigenvalue weighted by Crippen LogP contribution is 2.37. The van der Waals surface area contributed by atoms with E-state index in [4.69, 9.17) is 21.1 Å². The Morgan fingerprint density at radius 3 is 2.85 bits per heavy atom. The molecule has 1 aromatic heterocycles. The van der Waals surface area contributed by atoms with E-state index < -0.39 is 0 Å². The summed E-state index contributed by atoms with van der Waals surface area (Å²) < 4.78 is 11.1. The number of alkyl carbamates (subject to hydrolysis) is 1. The fourth-order valence-electron chi connectivity index (χ4n) is 5.12. The second kappa shape index (κ2) is 10.1. The molecule has 9 heteroatoms. The molecule has 0 unspecified atom stereocenters. The summed E-state index contributed by atoms with van der Waals surface area (Å²) >= 11 is 6.12. The van der Waals surface area contributed by atoms with E-state index >= 15 is 0 Å². The van der Waals surface area contributed by atoms with Gasteiger partial charge in [-0.2, -0.15) is 4.98 Å². The second-order valence-corrected chi connectivity index (χ2v) is 9.44. The number of amides is 1. The SMILES string of the molecule is O=C(NC1CCC(CN2C[C@@H]3COCCN3c3nc(Cl)ncc32)CC1)OCc1ccccc1. The van der Waals surface area contributed by atoms with Crippen LogP contribution in [-0.2, 0) is 16.1 Å².